The van der Waals surface area contributed by atoms with Crippen LogP contribution in [-0.2, 0) is 9.53 Å². The Kier molecular flexibility index (Phi) is 4.23. The summed E-state index contributed by atoms with van der Waals surface area (Å²) in [4.78, 5) is 10.4. The summed E-state index contributed by atoms with van der Waals surface area (Å²) in [6.07, 6.45) is 7.68. The van der Waals surface area contributed by atoms with Crippen LogP contribution in [0.1, 0.15) is 26.2 Å². The maximum atomic E-state index is 10.4. The van der Waals surface area contributed by atoms with Gasteiger partial charge in [-0.15, -0.1) is 0 Å². The van der Waals surface area contributed by atoms with Crippen molar-refractivity contribution in [1.29, 1.82) is 0 Å². The Morgan fingerprint density at radius 1 is 1.71 bits per heavy atom. The van der Waals surface area contributed by atoms with Crippen molar-refractivity contribution in [3.8, 4) is 0 Å². The monoisotopic (exact) mass is 196 g/mol. The van der Waals surface area contributed by atoms with Gasteiger partial charge in [-0.25, -0.2) is 0 Å². The zero-order valence-corrected chi connectivity index (χ0v) is 8.40. The van der Waals surface area contributed by atoms with Crippen LogP contribution in [0.5, 0.6) is 0 Å². The molecule has 1 rings (SSSR count). The lowest BCUT2D eigenvalue weighted by molar-refractivity contribution is -0.138. The highest BCUT2D eigenvalue weighted by Crippen LogP contribution is 2.16. The minimum Gasteiger partial charge on any atom is -0.497 e. The topological polar surface area (TPSA) is 46.5 Å². The Balaban J connectivity index is 2.22. The van der Waals surface area contributed by atoms with Crippen LogP contribution >= 0.6 is 0 Å². The van der Waals surface area contributed by atoms with E-state index in [1.807, 2.05) is 19.1 Å². The second-order valence-electron chi connectivity index (χ2n) is 3.71. The predicted octanol–water partition coefficient (Wildman–Crippen LogP) is 2.35. The SMILES string of the molecule is CC(CCC1=CC=COC1)CC(=O)O. The fourth-order valence-electron chi connectivity index (χ4n) is 1.42. The summed E-state index contributed by atoms with van der Waals surface area (Å²) in [5.74, 6) is -0.481. The van der Waals surface area contributed by atoms with E-state index >= 15 is 0 Å². The number of allylic oxidation sites excluding steroid dienone is 2. The first-order valence-corrected chi connectivity index (χ1v) is 4.86. The third kappa shape index (κ3) is 4.12. The highest BCUT2D eigenvalue weighted by Gasteiger charge is 2.09. The second kappa shape index (κ2) is 5.47. The summed E-state index contributed by atoms with van der Waals surface area (Å²) in [5.41, 5.74) is 1.24. The van der Waals surface area contributed by atoms with Gasteiger partial charge in [-0.2, -0.15) is 0 Å². The average molecular weight is 196 g/mol. The molecule has 3 heteroatoms. The average Bonchev–Trinajstić information content (AvgIpc) is 2.15. The van der Waals surface area contributed by atoms with E-state index in [9.17, 15) is 4.79 Å². The maximum Gasteiger partial charge on any atom is 0.303 e. The van der Waals surface area contributed by atoms with Crippen molar-refractivity contribution in [2.75, 3.05) is 6.61 Å². The molecule has 0 bridgehead atoms. The summed E-state index contributed by atoms with van der Waals surface area (Å²) in [5, 5.41) is 8.57. The summed E-state index contributed by atoms with van der Waals surface area (Å²) < 4.78 is 5.13. The molecule has 1 atom stereocenters. The van der Waals surface area contributed by atoms with Crippen molar-refractivity contribution in [2.24, 2.45) is 5.92 Å². The number of hydrogen-bond acceptors (Lipinski definition) is 2. The fraction of sp³-hybridized carbons (Fsp3) is 0.545. The molecule has 0 aromatic rings. The number of rotatable bonds is 5. The van der Waals surface area contributed by atoms with Crippen molar-refractivity contribution in [2.45, 2.75) is 26.2 Å². The quantitative estimate of drug-likeness (QED) is 0.734. The van der Waals surface area contributed by atoms with Crippen LogP contribution in [0.15, 0.2) is 24.0 Å². The standard InChI is InChI=1S/C11H16O3/c1-9(7-11(12)13)4-5-10-3-2-6-14-8-10/h2-3,6,9H,4-5,7-8H2,1H3,(H,12,13). The zero-order chi connectivity index (χ0) is 10.4. The van der Waals surface area contributed by atoms with Gasteiger partial charge in [0.2, 0.25) is 0 Å². The molecule has 1 heterocycles. The number of carboxylic acid groups (broad SMARTS) is 1. The van der Waals surface area contributed by atoms with Crippen molar-refractivity contribution in [3.63, 3.8) is 0 Å². The molecule has 78 valence electrons. The van der Waals surface area contributed by atoms with Crippen LogP contribution in [-0.4, -0.2) is 17.7 Å². The lowest BCUT2D eigenvalue weighted by Gasteiger charge is -2.12. The lowest BCUT2D eigenvalue weighted by Crippen LogP contribution is -2.06. The number of carboxylic acids is 1. The third-order valence-electron chi connectivity index (χ3n) is 2.26. The fourth-order valence-corrected chi connectivity index (χ4v) is 1.42. The Morgan fingerprint density at radius 2 is 2.50 bits per heavy atom. The minimum absolute atomic E-state index is 0.235. The molecule has 0 aliphatic carbocycles. The Labute approximate surface area is 84.1 Å². The van der Waals surface area contributed by atoms with Crippen LogP contribution in [0.3, 0.4) is 0 Å². The van der Waals surface area contributed by atoms with Crippen LogP contribution in [0.25, 0.3) is 0 Å². The van der Waals surface area contributed by atoms with Gasteiger partial charge in [0, 0.05) is 6.42 Å². The molecule has 14 heavy (non-hydrogen) atoms. The summed E-state index contributed by atoms with van der Waals surface area (Å²) in [6, 6.07) is 0. The molecule has 0 saturated carbocycles. The molecule has 0 fully saturated rings. The number of ether oxygens (including phenoxy) is 1. The van der Waals surface area contributed by atoms with Crippen molar-refractivity contribution >= 4 is 5.97 Å². The molecule has 1 N–H and O–H groups in total. The van der Waals surface area contributed by atoms with Crippen molar-refractivity contribution in [1.82, 2.24) is 0 Å². The van der Waals surface area contributed by atoms with Crippen LogP contribution in [0.4, 0.5) is 0 Å². The first kappa shape index (κ1) is 10.8. The van der Waals surface area contributed by atoms with Crippen molar-refractivity contribution < 1.29 is 14.6 Å². The largest absolute Gasteiger partial charge is 0.497 e. The van der Waals surface area contributed by atoms with Gasteiger partial charge in [-0.3, -0.25) is 4.79 Å². The van der Waals surface area contributed by atoms with E-state index in [1.54, 1.807) is 6.26 Å². The zero-order valence-electron chi connectivity index (χ0n) is 8.40. The maximum absolute atomic E-state index is 10.4. The van der Waals surface area contributed by atoms with E-state index in [-0.39, 0.29) is 12.3 Å². The minimum atomic E-state index is -0.716. The number of hydrogen-bond donors (Lipinski definition) is 1. The molecule has 0 aromatic heterocycles. The highest BCUT2D eigenvalue weighted by molar-refractivity contribution is 5.66. The molecule has 0 amide bonds. The van der Waals surface area contributed by atoms with Gasteiger partial charge < -0.3 is 9.84 Å². The molecule has 1 aliphatic heterocycles. The van der Waals surface area contributed by atoms with Gasteiger partial charge in [0.25, 0.3) is 0 Å². The van der Waals surface area contributed by atoms with Crippen LogP contribution < -0.4 is 0 Å². The summed E-state index contributed by atoms with van der Waals surface area (Å²) >= 11 is 0. The van der Waals surface area contributed by atoms with E-state index in [1.165, 1.54) is 5.57 Å². The molecule has 0 aromatic carbocycles. The predicted molar refractivity (Wildman–Crippen MR) is 53.8 cm³/mol. The normalized spacial score (nSPS) is 17.1. The molecule has 0 radical (unpaired) electrons. The van der Waals surface area contributed by atoms with Gasteiger partial charge in [0.1, 0.15) is 6.61 Å². The van der Waals surface area contributed by atoms with E-state index in [0.29, 0.717) is 6.61 Å². The molecule has 0 saturated heterocycles. The molecule has 1 unspecified atom stereocenters. The molecular formula is C11H16O3. The Hall–Kier alpha value is -1.25. The number of aliphatic carboxylic acids is 1. The summed E-state index contributed by atoms with van der Waals surface area (Å²) in [7, 11) is 0. The van der Waals surface area contributed by atoms with Gasteiger partial charge in [0.05, 0.1) is 6.26 Å². The summed E-state index contributed by atoms with van der Waals surface area (Å²) in [6.45, 7) is 2.62. The molecular weight excluding hydrogens is 180 g/mol. The van der Waals surface area contributed by atoms with E-state index in [2.05, 4.69) is 0 Å². The van der Waals surface area contributed by atoms with E-state index in [4.69, 9.17) is 9.84 Å². The first-order chi connectivity index (χ1) is 6.68. The van der Waals surface area contributed by atoms with Gasteiger partial charge in [0.15, 0.2) is 0 Å². The molecule has 0 spiro atoms. The lowest BCUT2D eigenvalue weighted by atomic mass is 9.98. The van der Waals surface area contributed by atoms with E-state index in [0.717, 1.165) is 12.8 Å². The smallest absolute Gasteiger partial charge is 0.303 e. The first-order valence-electron chi connectivity index (χ1n) is 4.86. The molecule has 1 aliphatic rings. The van der Waals surface area contributed by atoms with Crippen LogP contribution in [0, 0.1) is 5.92 Å². The van der Waals surface area contributed by atoms with Crippen molar-refractivity contribution in [3.05, 3.63) is 24.0 Å². The third-order valence-corrected chi connectivity index (χ3v) is 2.26. The van der Waals surface area contributed by atoms with Gasteiger partial charge in [-0.05, 0) is 30.4 Å². The van der Waals surface area contributed by atoms with Gasteiger partial charge >= 0.3 is 5.97 Å². The van der Waals surface area contributed by atoms with E-state index < -0.39 is 5.97 Å². The highest BCUT2D eigenvalue weighted by atomic mass is 16.5. The Bertz CT molecular complexity index is 253. The van der Waals surface area contributed by atoms with Crippen LogP contribution in [0.2, 0.25) is 0 Å². The molecule has 3 nitrogen and oxygen atoms in total. The second-order valence-corrected chi connectivity index (χ2v) is 3.71. The Morgan fingerprint density at radius 3 is 3.07 bits per heavy atom. The number of carbonyl (C=O) groups is 1. The van der Waals surface area contributed by atoms with Gasteiger partial charge in [-0.1, -0.05) is 13.0 Å².